The topological polar surface area (TPSA) is 78.4 Å². The normalized spacial score (nSPS) is 10.3. The summed E-state index contributed by atoms with van der Waals surface area (Å²) in [5.41, 5.74) is 5.43. The molecule has 0 aliphatic rings. The lowest BCUT2D eigenvalue weighted by atomic mass is 10.2. The summed E-state index contributed by atoms with van der Waals surface area (Å²) >= 11 is 0. The largest absolute Gasteiger partial charge is 0.454 e. The average Bonchev–Trinajstić information content (AvgIpc) is 2.42. The van der Waals surface area contributed by atoms with Crippen LogP contribution in [0.1, 0.15) is 5.56 Å². The van der Waals surface area contributed by atoms with E-state index >= 15 is 0 Å². The molecular weight excluding hydrogens is 270 g/mol. The SMILES string of the molecule is NCc1cc(F)ccc1Oc1ccc([N+](=O)[O-])cc1F. The van der Waals surface area contributed by atoms with Crippen molar-refractivity contribution in [3.8, 4) is 11.5 Å². The number of nitro groups is 1. The highest BCUT2D eigenvalue weighted by molar-refractivity contribution is 5.42. The second-order valence-corrected chi connectivity index (χ2v) is 3.93. The molecule has 0 spiro atoms. The van der Waals surface area contributed by atoms with E-state index in [1.54, 1.807) is 0 Å². The third-order valence-electron chi connectivity index (χ3n) is 2.59. The highest BCUT2D eigenvalue weighted by Crippen LogP contribution is 2.29. The van der Waals surface area contributed by atoms with Crippen molar-refractivity contribution >= 4 is 5.69 Å². The molecule has 0 saturated carbocycles. The van der Waals surface area contributed by atoms with E-state index in [0.29, 0.717) is 5.56 Å². The number of benzene rings is 2. The third kappa shape index (κ3) is 2.89. The Morgan fingerprint density at radius 2 is 1.85 bits per heavy atom. The summed E-state index contributed by atoms with van der Waals surface area (Å²) in [6.07, 6.45) is 0. The van der Waals surface area contributed by atoms with E-state index in [4.69, 9.17) is 10.5 Å². The Balaban J connectivity index is 2.33. The Bertz CT molecular complexity index is 662. The molecule has 7 heteroatoms. The van der Waals surface area contributed by atoms with Gasteiger partial charge in [0.2, 0.25) is 0 Å². The summed E-state index contributed by atoms with van der Waals surface area (Å²) in [7, 11) is 0. The van der Waals surface area contributed by atoms with Gasteiger partial charge < -0.3 is 10.5 Å². The molecule has 2 N–H and O–H groups in total. The number of hydrogen-bond donors (Lipinski definition) is 1. The van der Waals surface area contributed by atoms with E-state index < -0.39 is 16.6 Å². The quantitative estimate of drug-likeness (QED) is 0.689. The molecule has 104 valence electrons. The fourth-order valence-electron chi connectivity index (χ4n) is 1.61. The maximum absolute atomic E-state index is 13.7. The number of nitrogens with two attached hydrogens (primary N) is 1. The second kappa shape index (κ2) is 5.62. The van der Waals surface area contributed by atoms with Crippen LogP contribution in [-0.4, -0.2) is 4.92 Å². The first kappa shape index (κ1) is 13.9. The van der Waals surface area contributed by atoms with Gasteiger partial charge in [0.05, 0.1) is 11.0 Å². The molecule has 20 heavy (non-hydrogen) atoms. The van der Waals surface area contributed by atoms with Crippen molar-refractivity contribution in [2.24, 2.45) is 5.73 Å². The van der Waals surface area contributed by atoms with Crippen LogP contribution < -0.4 is 10.5 Å². The molecule has 0 aromatic heterocycles. The molecule has 0 radical (unpaired) electrons. The van der Waals surface area contributed by atoms with Crippen molar-refractivity contribution in [3.05, 3.63) is 63.7 Å². The number of non-ortho nitro benzene ring substituents is 1. The van der Waals surface area contributed by atoms with Crippen molar-refractivity contribution in [1.82, 2.24) is 0 Å². The molecule has 0 unspecified atom stereocenters. The van der Waals surface area contributed by atoms with E-state index in [-0.39, 0.29) is 23.7 Å². The summed E-state index contributed by atoms with van der Waals surface area (Å²) in [5.74, 6) is -1.37. The minimum absolute atomic E-state index is 0.0156. The van der Waals surface area contributed by atoms with Gasteiger partial charge in [-0.2, -0.15) is 0 Å². The van der Waals surface area contributed by atoms with Crippen molar-refractivity contribution in [3.63, 3.8) is 0 Å². The first-order valence-corrected chi connectivity index (χ1v) is 5.61. The molecule has 0 fully saturated rings. The van der Waals surface area contributed by atoms with Crippen LogP contribution in [0.15, 0.2) is 36.4 Å². The highest BCUT2D eigenvalue weighted by Gasteiger charge is 2.13. The number of nitrogens with zero attached hydrogens (tertiary/aromatic N) is 1. The molecule has 0 bridgehead atoms. The molecule has 0 atom stereocenters. The van der Waals surface area contributed by atoms with Crippen LogP contribution >= 0.6 is 0 Å². The summed E-state index contributed by atoms with van der Waals surface area (Å²) in [6.45, 7) is 0.0156. The van der Waals surface area contributed by atoms with Crippen LogP contribution in [0.3, 0.4) is 0 Å². The molecular formula is C13H10F2N2O3. The van der Waals surface area contributed by atoms with Crippen LogP contribution in [-0.2, 0) is 6.54 Å². The lowest BCUT2D eigenvalue weighted by Crippen LogP contribution is -2.01. The zero-order valence-electron chi connectivity index (χ0n) is 10.2. The van der Waals surface area contributed by atoms with Gasteiger partial charge in [-0.1, -0.05) is 0 Å². The first-order chi connectivity index (χ1) is 9.51. The van der Waals surface area contributed by atoms with Crippen molar-refractivity contribution in [2.45, 2.75) is 6.54 Å². The zero-order chi connectivity index (χ0) is 14.7. The molecule has 0 aliphatic heterocycles. The lowest BCUT2D eigenvalue weighted by Gasteiger charge is -2.10. The standard InChI is InChI=1S/C13H10F2N2O3/c14-9-1-3-12(8(5-9)7-16)20-13-4-2-10(17(18)19)6-11(13)15/h1-6H,7,16H2. The molecule has 2 rings (SSSR count). The second-order valence-electron chi connectivity index (χ2n) is 3.93. The van der Waals surface area contributed by atoms with Gasteiger partial charge in [0, 0.05) is 18.2 Å². The maximum Gasteiger partial charge on any atom is 0.272 e. The minimum atomic E-state index is -0.883. The fourth-order valence-corrected chi connectivity index (χ4v) is 1.61. The van der Waals surface area contributed by atoms with Crippen LogP contribution in [0.2, 0.25) is 0 Å². The number of nitro benzene ring substituents is 1. The number of rotatable bonds is 4. The Hall–Kier alpha value is -2.54. The van der Waals surface area contributed by atoms with Crippen molar-refractivity contribution in [1.29, 1.82) is 0 Å². The Morgan fingerprint density at radius 3 is 2.45 bits per heavy atom. The fraction of sp³-hybridized carbons (Fsp3) is 0.0769. The monoisotopic (exact) mass is 280 g/mol. The highest BCUT2D eigenvalue weighted by atomic mass is 19.1. The van der Waals surface area contributed by atoms with E-state index in [1.807, 2.05) is 0 Å². The zero-order valence-corrected chi connectivity index (χ0v) is 10.2. The van der Waals surface area contributed by atoms with E-state index in [1.165, 1.54) is 12.1 Å². The maximum atomic E-state index is 13.7. The van der Waals surface area contributed by atoms with Gasteiger partial charge in [-0.05, 0) is 24.3 Å². The molecule has 2 aromatic carbocycles. The predicted molar refractivity (Wildman–Crippen MR) is 67.4 cm³/mol. The third-order valence-corrected chi connectivity index (χ3v) is 2.59. The molecule has 5 nitrogen and oxygen atoms in total. The van der Waals surface area contributed by atoms with E-state index in [9.17, 15) is 18.9 Å². The van der Waals surface area contributed by atoms with Crippen molar-refractivity contribution in [2.75, 3.05) is 0 Å². The lowest BCUT2D eigenvalue weighted by molar-refractivity contribution is -0.385. The predicted octanol–water partition coefficient (Wildman–Crippen LogP) is 3.12. The average molecular weight is 280 g/mol. The molecule has 2 aromatic rings. The minimum Gasteiger partial charge on any atom is -0.454 e. The van der Waals surface area contributed by atoms with E-state index in [0.717, 1.165) is 24.3 Å². The Labute approximate surface area is 112 Å². The van der Waals surface area contributed by atoms with Crippen LogP contribution in [0.25, 0.3) is 0 Å². The molecule has 0 heterocycles. The summed E-state index contributed by atoms with van der Waals surface area (Å²) in [4.78, 5) is 9.79. The number of halogens is 2. The van der Waals surface area contributed by atoms with Gasteiger partial charge in [-0.25, -0.2) is 8.78 Å². The Morgan fingerprint density at radius 1 is 1.15 bits per heavy atom. The van der Waals surface area contributed by atoms with Gasteiger partial charge in [0.15, 0.2) is 11.6 Å². The van der Waals surface area contributed by atoms with Gasteiger partial charge in [0.1, 0.15) is 11.6 Å². The smallest absolute Gasteiger partial charge is 0.272 e. The van der Waals surface area contributed by atoms with Crippen molar-refractivity contribution < 1.29 is 18.4 Å². The molecule has 0 saturated heterocycles. The van der Waals surface area contributed by atoms with Crippen LogP contribution in [0, 0.1) is 21.7 Å². The van der Waals surface area contributed by atoms with Crippen LogP contribution in [0.4, 0.5) is 14.5 Å². The van der Waals surface area contributed by atoms with Gasteiger partial charge >= 0.3 is 0 Å². The van der Waals surface area contributed by atoms with Gasteiger partial charge in [-0.3, -0.25) is 10.1 Å². The molecule has 0 aliphatic carbocycles. The first-order valence-electron chi connectivity index (χ1n) is 5.61. The Kier molecular flexibility index (Phi) is 3.90. The summed E-state index contributed by atoms with van der Waals surface area (Å²) in [6, 6.07) is 6.65. The number of ether oxygens (including phenoxy) is 1. The summed E-state index contributed by atoms with van der Waals surface area (Å²) in [5, 5.41) is 10.5. The molecule has 0 amide bonds. The van der Waals surface area contributed by atoms with Crippen LogP contribution in [0.5, 0.6) is 11.5 Å². The van der Waals surface area contributed by atoms with Gasteiger partial charge in [-0.15, -0.1) is 0 Å². The summed E-state index contributed by atoms with van der Waals surface area (Å²) < 4.78 is 32.0. The van der Waals surface area contributed by atoms with E-state index in [2.05, 4.69) is 0 Å². The van der Waals surface area contributed by atoms with Gasteiger partial charge in [0.25, 0.3) is 5.69 Å². The number of hydrogen-bond acceptors (Lipinski definition) is 4.